The topological polar surface area (TPSA) is 54.8 Å². The second-order valence-electron chi connectivity index (χ2n) is 5.45. The zero-order chi connectivity index (χ0) is 17.7. The van der Waals surface area contributed by atoms with Crippen molar-refractivity contribution in [2.24, 2.45) is 0 Å². The van der Waals surface area contributed by atoms with Gasteiger partial charge in [-0.05, 0) is 12.1 Å². The van der Waals surface area contributed by atoms with E-state index in [4.69, 9.17) is 11.6 Å². The molecule has 2 aromatic rings. The number of sulfonamides is 1. The van der Waals surface area contributed by atoms with Crippen molar-refractivity contribution in [3.63, 3.8) is 0 Å². The lowest BCUT2D eigenvalue weighted by Crippen LogP contribution is -2.32. The Bertz CT molecular complexity index is 775. The molecule has 0 spiro atoms. The highest BCUT2D eigenvalue weighted by atomic mass is 35.5. The lowest BCUT2D eigenvalue weighted by molar-refractivity contribution is -0.367. The highest BCUT2D eigenvalue weighted by molar-refractivity contribution is 7.89. The first-order chi connectivity index (χ1) is 11.4. The van der Waals surface area contributed by atoms with E-state index < -0.39 is 10.0 Å². The molecule has 5 nitrogen and oxygen atoms in total. The number of H-pyrrole nitrogens is 1. The standard InChI is InChI=1S/C17H22ClN3O2S/c1-4-21(5-2)24(22,23)15-10-11-17(19-12-15)20(3)13-14-8-6-7-9-16(14)18/h6-12H,4-5,13H2,1-3H3/p+1. The average molecular weight is 369 g/mol. The van der Waals surface area contributed by atoms with E-state index in [9.17, 15) is 8.42 Å². The first-order valence-electron chi connectivity index (χ1n) is 7.86. The molecule has 130 valence electrons. The summed E-state index contributed by atoms with van der Waals surface area (Å²) in [6.45, 7) is 5.19. The van der Waals surface area contributed by atoms with Gasteiger partial charge in [-0.25, -0.2) is 13.4 Å². The quantitative estimate of drug-likeness (QED) is 0.755. The van der Waals surface area contributed by atoms with Gasteiger partial charge in [0.25, 0.3) is 5.82 Å². The van der Waals surface area contributed by atoms with Gasteiger partial charge in [0, 0.05) is 29.7 Å². The Kier molecular flexibility index (Phi) is 6.21. The highest BCUT2D eigenvalue weighted by Crippen LogP contribution is 2.19. The van der Waals surface area contributed by atoms with Crippen molar-refractivity contribution < 1.29 is 13.4 Å². The predicted octanol–water partition coefficient (Wildman–Crippen LogP) is 2.82. The van der Waals surface area contributed by atoms with Gasteiger partial charge in [-0.2, -0.15) is 4.31 Å². The molecule has 0 aliphatic rings. The first kappa shape index (κ1) is 18.7. The minimum atomic E-state index is -3.45. The number of anilines is 1. The molecule has 7 heteroatoms. The molecular formula is C17H23ClN3O2S+. The average Bonchev–Trinajstić information content (AvgIpc) is 2.58. The van der Waals surface area contributed by atoms with E-state index in [0.29, 0.717) is 24.7 Å². The normalized spacial score (nSPS) is 11.7. The smallest absolute Gasteiger partial charge is 0.260 e. The largest absolute Gasteiger partial charge is 0.274 e. The van der Waals surface area contributed by atoms with Gasteiger partial charge in [0.05, 0.1) is 7.05 Å². The summed E-state index contributed by atoms with van der Waals surface area (Å²) in [5.74, 6) is 0.813. The van der Waals surface area contributed by atoms with Gasteiger partial charge in [-0.3, -0.25) is 4.90 Å². The zero-order valence-electron chi connectivity index (χ0n) is 14.2. The molecule has 0 aliphatic carbocycles. The monoisotopic (exact) mass is 368 g/mol. The molecule has 2 rings (SSSR count). The Morgan fingerprint density at radius 1 is 1.08 bits per heavy atom. The summed E-state index contributed by atoms with van der Waals surface area (Å²) in [6.07, 6.45) is 1.53. The molecule has 0 bridgehead atoms. The highest BCUT2D eigenvalue weighted by Gasteiger charge is 2.23. The summed E-state index contributed by atoms with van der Waals surface area (Å²) in [4.78, 5) is 5.31. The lowest BCUT2D eigenvalue weighted by Gasteiger charge is -2.18. The molecule has 0 amide bonds. The third kappa shape index (κ3) is 4.06. The molecule has 0 saturated carbocycles. The van der Waals surface area contributed by atoms with Gasteiger partial charge in [0.15, 0.2) is 0 Å². The number of hydrogen-bond acceptors (Lipinski definition) is 3. The fraction of sp³-hybridized carbons (Fsp3) is 0.353. The minimum absolute atomic E-state index is 0.265. The SMILES string of the molecule is CCN(CC)S(=O)(=O)c1ccc(N(C)Cc2ccccc2Cl)[nH+]c1. The first-order valence-corrected chi connectivity index (χ1v) is 9.68. The van der Waals surface area contributed by atoms with Crippen LogP contribution in [-0.4, -0.2) is 32.9 Å². The van der Waals surface area contributed by atoms with E-state index in [1.165, 1.54) is 10.5 Å². The van der Waals surface area contributed by atoms with Crippen molar-refractivity contribution in [2.75, 3.05) is 25.0 Å². The van der Waals surface area contributed by atoms with Crippen LogP contribution < -0.4 is 9.88 Å². The van der Waals surface area contributed by atoms with Crippen molar-refractivity contribution in [3.05, 3.63) is 53.2 Å². The van der Waals surface area contributed by atoms with Crippen LogP contribution in [0.3, 0.4) is 0 Å². The number of rotatable bonds is 7. The van der Waals surface area contributed by atoms with Gasteiger partial charge in [-0.1, -0.05) is 43.6 Å². The van der Waals surface area contributed by atoms with E-state index in [0.717, 1.165) is 11.4 Å². The maximum atomic E-state index is 12.5. The molecule has 24 heavy (non-hydrogen) atoms. The molecule has 1 aromatic heterocycles. The number of halogens is 1. The summed E-state index contributed by atoms with van der Waals surface area (Å²) in [5.41, 5.74) is 1.01. The Morgan fingerprint density at radius 2 is 1.75 bits per heavy atom. The maximum Gasteiger partial charge on any atom is 0.274 e. The van der Waals surface area contributed by atoms with Gasteiger partial charge in [-0.15, -0.1) is 0 Å². The van der Waals surface area contributed by atoms with Gasteiger partial charge in [0.1, 0.15) is 17.6 Å². The number of aromatic amines is 1. The summed E-state index contributed by atoms with van der Waals surface area (Å²) >= 11 is 6.19. The Morgan fingerprint density at radius 3 is 2.29 bits per heavy atom. The van der Waals surface area contributed by atoms with Crippen molar-refractivity contribution in [3.8, 4) is 0 Å². The molecule has 0 atom stereocenters. The second kappa shape index (κ2) is 7.96. The minimum Gasteiger partial charge on any atom is -0.260 e. The van der Waals surface area contributed by atoms with Gasteiger partial charge < -0.3 is 0 Å². The second-order valence-corrected chi connectivity index (χ2v) is 7.79. The van der Waals surface area contributed by atoms with Crippen LogP contribution in [0.15, 0.2) is 47.5 Å². The van der Waals surface area contributed by atoms with Crippen LogP contribution in [0, 0.1) is 0 Å². The van der Waals surface area contributed by atoms with Crippen molar-refractivity contribution in [2.45, 2.75) is 25.3 Å². The maximum absolute atomic E-state index is 12.5. The third-order valence-corrected chi connectivity index (χ3v) is 6.30. The fourth-order valence-corrected chi connectivity index (χ4v) is 4.10. The summed E-state index contributed by atoms with van der Waals surface area (Å²) < 4.78 is 26.4. The van der Waals surface area contributed by atoms with Crippen LogP contribution in [-0.2, 0) is 16.6 Å². The van der Waals surface area contributed by atoms with Crippen LogP contribution in [0.25, 0.3) is 0 Å². The molecule has 1 heterocycles. The van der Waals surface area contributed by atoms with Crippen LogP contribution in [0.1, 0.15) is 19.4 Å². The Balaban J connectivity index is 2.19. The molecule has 0 unspecified atom stereocenters. The molecule has 0 aliphatic heterocycles. The summed E-state index contributed by atoms with van der Waals surface area (Å²) in [5, 5.41) is 0.713. The molecular weight excluding hydrogens is 346 g/mol. The van der Waals surface area contributed by atoms with Crippen LogP contribution in [0.2, 0.25) is 5.02 Å². The van der Waals surface area contributed by atoms with Crippen LogP contribution >= 0.6 is 11.6 Å². The number of benzene rings is 1. The number of hydrogen-bond donors (Lipinski definition) is 0. The van der Waals surface area contributed by atoms with Crippen LogP contribution in [0.4, 0.5) is 5.82 Å². The molecule has 1 aromatic carbocycles. The summed E-state index contributed by atoms with van der Waals surface area (Å²) in [7, 11) is -1.52. The van der Waals surface area contributed by atoms with E-state index in [1.807, 2.05) is 50.1 Å². The Labute approximate surface area is 148 Å². The number of nitrogens with one attached hydrogen (secondary N) is 1. The number of pyridine rings is 1. The third-order valence-electron chi connectivity index (χ3n) is 3.89. The van der Waals surface area contributed by atoms with E-state index in [-0.39, 0.29) is 4.90 Å². The molecule has 0 saturated heterocycles. The van der Waals surface area contributed by atoms with Crippen molar-refractivity contribution in [1.82, 2.24) is 4.31 Å². The molecule has 0 fully saturated rings. The number of aromatic nitrogens is 1. The zero-order valence-corrected chi connectivity index (χ0v) is 15.7. The van der Waals surface area contributed by atoms with Crippen molar-refractivity contribution in [1.29, 1.82) is 0 Å². The fourth-order valence-electron chi connectivity index (χ4n) is 2.48. The molecule has 1 N–H and O–H groups in total. The van der Waals surface area contributed by atoms with Gasteiger partial charge >= 0.3 is 0 Å². The van der Waals surface area contributed by atoms with Crippen LogP contribution in [0.5, 0.6) is 0 Å². The van der Waals surface area contributed by atoms with E-state index in [1.54, 1.807) is 12.1 Å². The lowest BCUT2D eigenvalue weighted by atomic mass is 10.2. The van der Waals surface area contributed by atoms with Crippen molar-refractivity contribution >= 4 is 27.4 Å². The van der Waals surface area contributed by atoms with E-state index >= 15 is 0 Å². The predicted molar refractivity (Wildman–Crippen MR) is 96.7 cm³/mol. The Hall–Kier alpha value is -1.63. The number of nitrogens with zero attached hydrogens (tertiary/aromatic N) is 2. The molecule has 0 radical (unpaired) electrons. The summed E-state index contributed by atoms with van der Waals surface area (Å²) in [6, 6.07) is 11.1. The van der Waals surface area contributed by atoms with E-state index in [2.05, 4.69) is 4.98 Å². The van der Waals surface area contributed by atoms with Gasteiger partial charge in [0.2, 0.25) is 10.0 Å².